The molecule has 2 aromatic carbocycles. The van der Waals surface area contributed by atoms with E-state index >= 15 is 0 Å². The van der Waals surface area contributed by atoms with E-state index in [0.29, 0.717) is 16.5 Å². The number of hydrogen-bond donors (Lipinski definition) is 3. The third-order valence-electron chi connectivity index (χ3n) is 3.50. The largest absolute Gasteiger partial charge is 0.457 e. The molecule has 0 bridgehead atoms. The lowest BCUT2D eigenvalue weighted by atomic mass is 10.3. The first-order valence-electron chi connectivity index (χ1n) is 7.48. The molecular weight excluding hydrogens is 382 g/mol. The Balaban J connectivity index is 1.70. The lowest BCUT2D eigenvalue weighted by Crippen LogP contribution is -2.41. The van der Waals surface area contributed by atoms with E-state index in [0.717, 1.165) is 0 Å². The van der Waals surface area contributed by atoms with Gasteiger partial charge in [-0.25, -0.2) is 17.9 Å². The second-order valence-corrected chi connectivity index (χ2v) is 7.60. The zero-order valence-corrected chi connectivity index (χ0v) is 14.8. The van der Waals surface area contributed by atoms with Crippen molar-refractivity contribution in [2.45, 2.75) is 10.9 Å². The fraction of sp³-hybridized carbons (Fsp3) is 0.125. The Hall–Kier alpha value is -2.62. The molecule has 10 heteroatoms. The number of sulfonamides is 1. The molecule has 0 saturated carbocycles. The third kappa shape index (κ3) is 4.31. The molecule has 0 spiro atoms. The fourth-order valence-electron chi connectivity index (χ4n) is 2.22. The lowest BCUT2D eigenvalue weighted by Gasteiger charge is -2.11. The van der Waals surface area contributed by atoms with Gasteiger partial charge in [0.1, 0.15) is 17.5 Å². The molecule has 3 amide bonds. The van der Waals surface area contributed by atoms with E-state index < -0.39 is 28.0 Å². The highest BCUT2D eigenvalue weighted by Gasteiger charge is 2.30. The first-order valence-corrected chi connectivity index (χ1v) is 9.34. The Bertz CT molecular complexity index is 947. The van der Waals surface area contributed by atoms with Crippen molar-refractivity contribution in [1.82, 2.24) is 15.4 Å². The predicted molar refractivity (Wildman–Crippen MR) is 93.6 cm³/mol. The monoisotopic (exact) mass is 395 g/mol. The molecule has 2 aromatic rings. The van der Waals surface area contributed by atoms with Gasteiger partial charge in [0.2, 0.25) is 10.0 Å². The smallest absolute Gasteiger partial charge is 0.322 e. The Kier molecular flexibility index (Phi) is 5.12. The standard InChI is InChI=1S/C16H14ClN3O5S/c17-10-4-6-11(7-5-10)25-12-2-1-3-13(8-12)26(23,24)18-9-14-15(21)20-16(22)19-14/h1-8,14,18H,9H2,(H2,19,20,21,22). The number of halogens is 1. The summed E-state index contributed by atoms with van der Waals surface area (Å²) in [6.07, 6.45) is 0. The van der Waals surface area contributed by atoms with Crippen molar-refractivity contribution in [2.75, 3.05) is 6.54 Å². The molecule has 1 fully saturated rings. The predicted octanol–water partition coefficient (Wildman–Crippen LogP) is 1.62. The summed E-state index contributed by atoms with van der Waals surface area (Å²) in [5.74, 6) is 0.238. The van der Waals surface area contributed by atoms with Crippen LogP contribution >= 0.6 is 11.6 Å². The summed E-state index contributed by atoms with van der Waals surface area (Å²) in [4.78, 5) is 22.5. The van der Waals surface area contributed by atoms with Crippen LogP contribution in [0.1, 0.15) is 0 Å². The number of urea groups is 1. The average Bonchev–Trinajstić information content (AvgIpc) is 2.93. The van der Waals surface area contributed by atoms with Crippen LogP contribution in [-0.4, -0.2) is 32.9 Å². The molecule has 1 saturated heterocycles. The number of hydrogen-bond acceptors (Lipinski definition) is 5. The maximum atomic E-state index is 12.4. The molecule has 26 heavy (non-hydrogen) atoms. The molecule has 1 aliphatic heterocycles. The van der Waals surface area contributed by atoms with Crippen LogP contribution in [-0.2, 0) is 14.8 Å². The lowest BCUT2D eigenvalue weighted by molar-refractivity contribution is -0.120. The number of benzene rings is 2. The van der Waals surface area contributed by atoms with E-state index in [4.69, 9.17) is 16.3 Å². The van der Waals surface area contributed by atoms with Crippen molar-refractivity contribution in [3.63, 3.8) is 0 Å². The quantitative estimate of drug-likeness (QED) is 0.643. The van der Waals surface area contributed by atoms with E-state index in [1.807, 2.05) is 5.32 Å². The van der Waals surface area contributed by atoms with Gasteiger partial charge in [0.15, 0.2) is 0 Å². The molecule has 0 aromatic heterocycles. The highest BCUT2D eigenvalue weighted by molar-refractivity contribution is 7.89. The van der Waals surface area contributed by atoms with E-state index in [2.05, 4.69) is 10.0 Å². The van der Waals surface area contributed by atoms with Crippen LogP contribution in [0.15, 0.2) is 53.4 Å². The van der Waals surface area contributed by atoms with Crippen LogP contribution in [0.2, 0.25) is 5.02 Å². The normalized spacial score (nSPS) is 16.9. The molecule has 0 aliphatic carbocycles. The van der Waals surface area contributed by atoms with Crippen LogP contribution in [0.25, 0.3) is 0 Å². The molecule has 1 atom stereocenters. The number of carbonyl (C=O) groups is 2. The minimum Gasteiger partial charge on any atom is -0.457 e. The Labute approximate surface area is 154 Å². The number of rotatable bonds is 6. The van der Waals surface area contributed by atoms with E-state index in [9.17, 15) is 18.0 Å². The third-order valence-corrected chi connectivity index (χ3v) is 5.17. The molecule has 0 radical (unpaired) electrons. The average molecular weight is 396 g/mol. The number of nitrogens with one attached hydrogen (secondary N) is 3. The highest BCUT2D eigenvalue weighted by atomic mass is 35.5. The molecule has 136 valence electrons. The molecular formula is C16H14ClN3O5S. The fourth-order valence-corrected chi connectivity index (χ4v) is 3.43. The summed E-state index contributed by atoms with van der Waals surface area (Å²) in [6, 6.07) is 10.9. The van der Waals surface area contributed by atoms with Crippen molar-refractivity contribution in [3.05, 3.63) is 53.6 Å². The van der Waals surface area contributed by atoms with Gasteiger partial charge < -0.3 is 10.1 Å². The molecule has 8 nitrogen and oxygen atoms in total. The van der Waals surface area contributed by atoms with Gasteiger partial charge in [-0.2, -0.15) is 0 Å². The molecule has 1 aliphatic rings. The van der Waals surface area contributed by atoms with E-state index in [1.165, 1.54) is 18.2 Å². The maximum Gasteiger partial charge on any atom is 0.322 e. The van der Waals surface area contributed by atoms with Gasteiger partial charge in [0, 0.05) is 17.6 Å². The Morgan fingerprint density at radius 3 is 2.46 bits per heavy atom. The second-order valence-electron chi connectivity index (χ2n) is 5.40. The number of amides is 3. The van der Waals surface area contributed by atoms with Gasteiger partial charge >= 0.3 is 6.03 Å². The van der Waals surface area contributed by atoms with Crippen molar-refractivity contribution in [3.8, 4) is 11.5 Å². The van der Waals surface area contributed by atoms with Crippen LogP contribution in [0.5, 0.6) is 11.5 Å². The van der Waals surface area contributed by atoms with Crippen LogP contribution in [0.4, 0.5) is 4.79 Å². The summed E-state index contributed by atoms with van der Waals surface area (Å²) >= 11 is 5.81. The van der Waals surface area contributed by atoms with Gasteiger partial charge in [0.05, 0.1) is 4.90 Å². The van der Waals surface area contributed by atoms with Gasteiger partial charge in [0.25, 0.3) is 5.91 Å². The molecule has 1 heterocycles. The maximum absolute atomic E-state index is 12.4. The summed E-state index contributed by atoms with van der Waals surface area (Å²) < 4.78 is 32.7. The van der Waals surface area contributed by atoms with Gasteiger partial charge in [-0.05, 0) is 36.4 Å². The summed E-state index contributed by atoms with van der Waals surface area (Å²) in [5, 5.41) is 4.90. The summed E-state index contributed by atoms with van der Waals surface area (Å²) in [6.45, 7) is -0.262. The van der Waals surface area contributed by atoms with Crippen molar-refractivity contribution >= 4 is 33.6 Å². The second kappa shape index (κ2) is 7.32. The van der Waals surface area contributed by atoms with Gasteiger partial charge in [-0.1, -0.05) is 17.7 Å². The van der Waals surface area contributed by atoms with Gasteiger partial charge in [-0.15, -0.1) is 0 Å². The topological polar surface area (TPSA) is 114 Å². The molecule has 1 unspecified atom stereocenters. The van der Waals surface area contributed by atoms with Crippen LogP contribution < -0.4 is 20.1 Å². The van der Waals surface area contributed by atoms with Crippen LogP contribution in [0, 0.1) is 0 Å². The Morgan fingerprint density at radius 1 is 1.08 bits per heavy atom. The first kappa shape index (κ1) is 18.2. The van der Waals surface area contributed by atoms with Crippen LogP contribution in [0.3, 0.4) is 0 Å². The minimum absolute atomic E-state index is 0.0336. The van der Waals surface area contributed by atoms with E-state index in [1.54, 1.807) is 30.3 Å². The van der Waals surface area contributed by atoms with Crippen molar-refractivity contribution in [1.29, 1.82) is 0 Å². The summed E-state index contributed by atoms with van der Waals surface area (Å²) in [5.41, 5.74) is 0. The van der Waals surface area contributed by atoms with Crippen molar-refractivity contribution < 1.29 is 22.7 Å². The SMILES string of the molecule is O=C1NC(=O)C(CNS(=O)(=O)c2cccc(Oc3ccc(Cl)cc3)c2)N1. The summed E-state index contributed by atoms with van der Waals surface area (Å²) in [7, 11) is -3.89. The van der Waals surface area contributed by atoms with Gasteiger partial charge in [-0.3, -0.25) is 10.1 Å². The highest BCUT2D eigenvalue weighted by Crippen LogP contribution is 2.25. The molecule has 3 rings (SSSR count). The number of imide groups is 1. The zero-order chi connectivity index (χ0) is 18.7. The van der Waals surface area contributed by atoms with Crippen molar-refractivity contribution in [2.24, 2.45) is 0 Å². The number of carbonyl (C=O) groups excluding carboxylic acids is 2. The molecule has 3 N–H and O–H groups in total. The minimum atomic E-state index is -3.89. The zero-order valence-electron chi connectivity index (χ0n) is 13.2. The number of ether oxygens (including phenoxy) is 1. The first-order chi connectivity index (χ1) is 12.3. The Morgan fingerprint density at radius 2 is 1.81 bits per heavy atom. The van der Waals surface area contributed by atoms with E-state index in [-0.39, 0.29) is 11.4 Å².